The van der Waals surface area contributed by atoms with Gasteiger partial charge in [0.1, 0.15) is 0 Å². The van der Waals surface area contributed by atoms with Crippen LogP contribution in [0.25, 0.3) is 21.7 Å². The number of pyridine rings is 1. The minimum atomic E-state index is 0.620. The molecule has 0 spiro atoms. The summed E-state index contributed by atoms with van der Waals surface area (Å²) in [5.74, 6) is 0. The molecule has 2 aromatic carbocycles. The van der Waals surface area contributed by atoms with E-state index in [9.17, 15) is 0 Å². The van der Waals surface area contributed by atoms with Crippen LogP contribution >= 0.6 is 0 Å². The third kappa shape index (κ3) is 3.14. The SMILES string of the molecule is [N-]=[N+]=Nc1cccc(-c2cccc[n+]2Cc2ccccc2)c1. The molecular weight excluding hydrogens is 272 g/mol. The van der Waals surface area contributed by atoms with E-state index in [1.807, 2.05) is 48.5 Å². The molecule has 0 bridgehead atoms. The Bertz CT molecular complexity index is 821. The smallest absolute Gasteiger partial charge is 0.194 e. The van der Waals surface area contributed by atoms with Crippen molar-refractivity contribution in [2.45, 2.75) is 6.54 Å². The molecule has 0 fully saturated rings. The zero-order valence-electron chi connectivity index (χ0n) is 12.0. The van der Waals surface area contributed by atoms with Gasteiger partial charge in [-0.2, -0.15) is 4.57 Å². The number of nitrogens with zero attached hydrogens (tertiary/aromatic N) is 4. The van der Waals surface area contributed by atoms with Crippen LogP contribution in [0.2, 0.25) is 0 Å². The van der Waals surface area contributed by atoms with Crippen molar-refractivity contribution in [1.29, 1.82) is 0 Å². The molecule has 0 aliphatic rings. The maximum atomic E-state index is 8.58. The third-order valence-electron chi connectivity index (χ3n) is 3.44. The van der Waals surface area contributed by atoms with Crippen LogP contribution in [0, 0.1) is 0 Å². The van der Waals surface area contributed by atoms with Crippen molar-refractivity contribution in [3.8, 4) is 11.3 Å². The highest BCUT2D eigenvalue weighted by atomic mass is 15.1. The maximum Gasteiger partial charge on any atom is 0.212 e. The highest BCUT2D eigenvalue weighted by Gasteiger charge is 2.12. The Morgan fingerprint density at radius 1 is 0.909 bits per heavy atom. The monoisotopic (exact) mass is 287 g/mol. The van der Waals surface area contributed by atoms with E-state index in [0.29, 0.717) is 5.69 Å². The molecule has 22 heavy (non-hydrogen) atoms. The average Bonchev–Trinajstić information content (AvgIpc) is 2.57. The topological polar surface area (TPSA) is 52.6 Å². The molecule has 0 atom stereocenters. The summed E-state index contributed by atoms with van der Waals surface area (Å²) in [6.07, 6.45) is 2.06. The number of aromatic nitrogens is 1. The lowest BCUT2D eigenvalue weighted by Gasteiger charge is -2.05. The standard InChI is InChI=1S/C18H15N4/c19-21-20-17-10-6-9-16(13-17)18-11-4-5-12-22(18)14-15-7-2-1-3-8-15/h1-13H,14H2/q+1. The van der Waals surface area contributed by atoms with E-state index >= 15 is 0 Å². The average molecular weight is 287 g/mol. The Kier molecular flexibility index (Phi) is 4.14. The normalized spacial score (nSPS) is 10.0. The van der Waals surface area contributed by atoms with Gasteiger partial charge in [0.2, 0.25) is 5.69 Å². The van der Waals surface area contributed by atoms with Crippen molar-refractivity contribution in [2.75, 3.05) is 0 Å². The first-order valence-corrected chi connectivity index (χ1v) is 7.05. The summed E-state index contributed by atoms with van der Waals surface area (Å²) in [5, 5.41) is 3.68. The predicted octanol–water partition coefficient (Wildman–Crippen LogP) is 4.63. The van der Waals surface area contributed by atoms with Crippen LogP contribution < -0.4 is 4.57 Å². The first-order chi connectivity index (χ1) is 10.9. The Morgan fingerprint density at radius 3 is 2.55 bits per heavy atom. The Balaban J connectivity index is 2.01. The lowest BCUT2D eigenvalue weighted by molar-refractivity contribution is -0.677. The summed E-state index contributed by atoms with van der Waals surface area (Å²) in [7, 11) is 0. The molecule has 4 nitrogen and oxygen atoms in total. The largest absolute Gasteiger partial charge is 0.212 e. The summed E-state index contributed by atoms with van der Waals surface area (Å²) < 4.78 is 2.19. The fourth-order valence-corrected chi connectivity index (χ4v) is 2.44. The molecule has 0 aliphatic heterocycles. The molecular formula is C18H15N4+. The van der Waals surface area contributed by atoms with Crippen molar-refractivity contribution in [3.63, 3.8) is 0 Å². The van der Waals surface area contributed by atoms with Crippen LogP contribution in [-0.4, -0.2) is 0 Å². The van der Waals surface area contributed by atoms with Gasteiger partial charge in [0.25, 0.3) is 0 Å². The van der Waals surface area contributed by atoms with Gasteiger partial charge in [-0.25, -0.2) is 0 Å². The van der Waals surface area contributed by atoms with Crippen molar-refractivity contribution >= 4 is 5.69 Å². The molecule has 0 radical (unpaired) electrons. The molecule has 0 unspecified atom stereocenters. The van der Waals surface area contributed by atoms with Gasteiger partial charge in [-0.15, -0.1) is 0 Å². The molecule has 106 valence electrons. The second kappa shape index (κ2) is 6.57. The van der Waals surface area contributed by atoms with E-state index < -0.39 is 0 Å². The van der Waals surface area contributed by atoms with Gasteiger partial charge < -0.3 is 0 Å². The number of rotatable bonds is 4. The van der Waals surface area contributed by atoms with Crippen LogP contribution in [-0.2, 0) is 6.54 Å². The van der Waals surface area contributed by atoms with E-state index in [-0.39, 0.29) is 0 Å². The highest BCUT2D eigenvalue weighted by Crippen LogP contribution is 2.22. The zero-order chi connectivity index (χ0) is 15.2. The molecule has 0 saturated carbocycles. The molecule has 0 N–H and O–H groups in total. The molecule has 4 heteroatoms. The van der Waals surface area contributed by atoms with E-state index in [1.54, 1.807) is 6.07 Å². The van der Waals surface area contributed by atoms with Gasteiger partial charge in [-0.3, -0.25) is 0 Å². The molecule has 3 rings (SSSR count). The Labute approximate surface area is 128 Å². The Morgan fingerprint density at radius 2 is 1.73 bits per heavy atom. The lowest BCUT2D eigenvalue weighted by Crippen LogP contribution is -2.36. The fraction of sp³-hybridized carbons (Fsp3) is 0.0556. The predicted molar refractivity (Wildman–Crippen MR) is 86.4 cm³/mol. The van der Waals surface area contributed by atoms with Crippen molar-refractivity contribution in [1.82, 2.24) is 0 Å². The zero-order valence-corrected chi connectivity index (χ0v) is 12.0. The number of hydrogen-bond acceptors (Lipinski definition) is 1. The summed E-state index contributed by atoms with van der Waals surface area (Å²) in [4.78, 5) is 2.85. The van der Waals surface area contributed by atoms with Crippen LogP contribution in [0.5, 0.6) is 0 Å². The minimum absolute atomic E-state index is 0.620. The van der Waals surface area contributed by atoms with Gasteiger partial charge in [0.05, 0.1) is 0 Å². The van der Waals surface area contributed by atoms with Gasteiger partial charge in [-0.1, -0.05) is 47.6 Å². The fourth-order valence-electron chi connectivity index (χ4n) is 2.44. The second-order valence-corrected chi connectivity index (χ2v) is 4.94. The van der Waals surface area contributed by atoms with Gasteiger partial charge in [-0.05, 0) is 23.7 Å². The maximum absolute atomic E-state index is 8.58. The first kappa shape index (κ1) is 13.9. The molecule has 1 heterocycles. The van der Waals surface area contributed by atoms with Gasteiger partial charge >= 0.3 is 0 Å². The summed E-state index contributed by atoms with van der Waals surface area (Å²) in [5.41, 5.74) is 12.6. The molecule has 3 aromatic rings. The van der Waals surface area contributed by atoms with E-state index in [1.165, 1.54) is 5.56 Å². The van der Waals surface area contributed by atoms with Crippen molar-refractivity contribution in [3.05, 3.63) is 95.0 Å². The minimum Gasteiger partial charge on any atom is -0.194 e. The van der Waals surface area contributed by atoms with E-state index in [2.05, 4.69) is 39.0 Å². The van der Waals surface area contributed by atoms with Crippen LogP contribution in [0.15, 0.2) is 84.1 Å². The van der Waals surface area contributed by atoms with Crippen molar-refractivity contribution < 1.29 is 4.57 Å². The number of azide groups is 1. The summed E-state index contributed by atoms with van der Waals surface area (Å²) >= 11 is 0. The Hall–Kier alpha value is -3.10. The highest BCUT2D eigenvalue weighted by molar-refractivity contribution is 5.61. The summed E-state index contributed by atoms with van der Waals surface area (Å²) in [6.45, 7) is 0.794. The first-order valence-electron chi connectivity index (χ1n) is 7.05. The molecule has 0 saturated heterocycles. The second-order valence-electron chi connectivity index (χ2n) is 4.94. The molecule has 1 aromatic heterocycles. The van der Waals surface area contributed by atoms with E-state index in [4.69, 9.17) is 5.53 Å². The van der Waals surface area contributed by atoms with Gasteiger partial charge in [0.15, 0.2) is 12.7 Å². The van der Waals surface area contributed by atoms with Crippen LogP contribution in [0.1, 0.15) is 5.56 Å². The lowest BCUT2D eigenvalue weighted by atomic mass is 10.1. The third-order valence-corrected chi connectivity index (χ3v) is 3.44. The quantitative estimate of drug-likeness (QED) is 0.291. The van der Waals surface area contributed by atoms with Crippen LogP contribution in [0.3, 0.4) is 0 Å². The van der Waals surface area contributed by atoms with Gasteiger partial charge in [0, 0.05) is 33.9 Å². The van der Waals surface area contributed by atoms with E-state index in [0.717, 1.165) is 17.8 Å². The van der Waals surface area contributed by atoms with Crippen LogP contribution in [0.4, 0.5) is 5.69 Å². The number of benzene rings is 2. The van der Waals surface area contributed by atoms with Crippen molar-refractivity contribution in [2.24, 2.45) is 5.11 Å². The molecule has 0 aliphatic carbocycles. The number of hydrogen-bond donors (Lipinski definition) is 0. The molecule has 0 amide bonds. The summed E-state index contributed by atoms with van der Waals surface area (Å²) in [6, 6.07) is 24.0.